The molecule has 0 aliphatic carbocycles. The Labute approximate surface area is 151 Å². The molecule has 1 aromatic heterocycles. The quantitative estimate of drug-likeness (QED) is 0.470. The molecule has 0 N–H and O–H groups in total. The fourth-order valence-electron chi connectivity index (χ4n) is 1.94. The predicted molar refractivity (Wildman–Crippen MR) is 118 cm³/mol. The summed E-state index contributed by atoms with van der Waals surface area (Å²) in [6.07, 6.45) is 15.1. The summed E-state index contributed by atoms with van der Waals surface area (Å²) in [6.45, 7) is 27.1. The first-order chi connectivity index (χ1) is 11.7. The molecule has 0 amide bonds. The highest BCUT2D eigenvalue weighted by molar-refractivity contribution is 5.79. The van der Waals surface area contributed by atoms with Gasteiger partial charge in [0.2, 0.25) is 0 Å². The van der Waals surface area contributed by atoms with Crippen LogP contribution < -0.4 is 0 Å². The van der Waals surface area contributed by atoms with E-state index in [2.05, 4.69) is 30.9 Å². The van der Waals surface area contributed by atoms with Crippen molar-refractivity contribution < 1.29 is 0 Å². The minimum atomic E-state index is 1.06. The first-order valence-corrected chi connectivity index (χ1v) is 8.77. The molecule has 1 rings (SSSR count). The van der Waals surface area contributed by atoms with Crippen molar-refractivity contribution in [2.24, 2.45) is 7.05 Å². The van der Waals surface area contributed by atoms with Crippen LogP contribution in [0.2, 0.25) is 0 Å². The first-order valence-electron chi connectivity index (χ1n) is 8.77. The summed E-state index contributed by atoms with van der Waals surface area (Å²) in [5, 5.41) is 0. The van der Waals surface area contributed by atoms with E-state index in [-0.39, 0.29) is 0 Å². The van der Waals surface area contributed by atoms with E-state index in [0.29, 0.717) is 0 Å². The summed E-state index contributed by atoms with van der Waals surface area (Å²) in [5.74, 6) is 0. The molecule has 0 spiro atoms. The standard InChI is InChI=1S/C17H19N.3C2H6/c1-6-10-12-14-15(13-11-7-2)17(9-4)18(5)16(14)8-3;3*1-2/h6-13H,1-4H2,5H3;3*1-2H3/b12-10-,13-11-;;;. The monoisotopic (exact) mass is 327 g/mol. The molecule has 1 heterocycles. The Kier molecular flexibility index (Phi) is 20.8. The first kappa shape index (κ1) is 26.6. The van der Waals surface area contributed by atoms with Crippen molar-refractivity contribution in [1.82, 2.24) is 4.57 Å². The largest absolute Gasteiger partial charge is 0.344 e. The summed E-state index contributed by atoms with van der Waals surface area (Å²) < 4.78 is 2.07. The molecule has 0 saturated carbocycles. The van der Waals surface area contributed by atoms with Gasteiger partial charge in [0.25, 0.3) is 0 Å². The van der Waals surface area contributed by atoms with Crippen LogP contribution in [0.5, 0.6) is 0 Å². The zero-order valence-corrected chi connectivity index (χ0v) is 16.9. The van der Waals surface area contributed by atoms with E-state index in [1.807, 2.05) is 85.0 Å². The molecule has 24 heavy (non-hydrogen) atoms. The average Bonchev–Trinajstić information content (AvgIpc) is 2.92. The van der Waals surface area contributed by atoms with Crippen molar-refractivity contribution in [3.8, 4) is 0 Å². The van der Waals surface area contributed by atoms with E-state index >= 15 is 0 Å². The average molecular weight is 328 g/mol. The van der Waals surface area contributed by atoms with Gasteiger partial charge in [-0.3, -0.25) is 0 Å². The molecule has 0 fully saturated rings. The second kappa shape index (κ2) is 18.8. The van der Waals surface area contributed by atoms with Gasteiger partial charge in [0, 0.05) is 29.6 Å². The lowest BCUT2D eigenvalue weighted by molar-refractivity contribution is 0.901. The van der Waals surface area contributed by atoms with E-state index in [4.69, 9.17) is 0 Å². The Balaban J connectivity index is -0.000000659. The van der Waals surface area contributed by atoms with Crippen molar-refractivity contribution in [2.45, 2.75) is 41.5 Å². The van der Waals surface area contributed by atoms with Gasteiger partial charge in [-0.15, -0.1) is 0 Å². The molecule has 1 heteroatoms. The number of rotatable bonds is 6. The van der Waals surface area contributed by atoms with Gasteiger partial charge in [-0.05, 0) is 12.2 Å². The number of nitrogens with zero attached hydrogens (tertiary/aromatic N) is 1. The minimum Gasteiger partial charge on any atom is -0.344 e. The second-order valence-corrected chi connectivity index (χ2v) is 3.75. The SMILES string of the molecule is C=C/C=C\c1c(/C=C\C=C)c(C=C)n(C)c1C=C.CC.CC.CC. The maximum Gasteiger partial charge on any atom is 0.0482 e. The fraction of sp³-hybridized carbons (Fsp3) is 0.304. The molecular formula is C23H37N. The second-order valence-electron chi connectivity index (χ2n) is 3.75. The smallest absolute Gasteiger partial charge is 0.0482 e. The number of allylic oxidation sites excluding steroid dienone is 4. The van der Waals surface area contributed by atoms with Crippen LogP contribution in [0.15, 0.2) is 50.6 Å². The lowest BCUT2D eigenvalue weighted by Crippen LogP contribution is -1.93. The van der Waals surface area contributed by atoms with Crippen LogP contribution in [0.25, 0.3) is 24.3 Å². The summed E-state index contributed by atoms with van der Waals surface area (Å²) in [6, 6.07) is 0. The van der Waals surface area contributed by atoms with Crippen LogP contribution >= 0.6 is 0 Å². The van der Waals surface area contributed by atoms with Gasteiger partial charge in [0.15, 0.2) is 0 Å². The van der Waals surface area contributed by atoms with Gasteiger partial charge in [0.05, 0.1) is 0 Å². The number of hydrogen-bond acceptors (Lipinski definition) is 0. The molecule has 0 unspecified atom stereocenters. The number of hydrogen-bond donors (Lipinski definition) is 0. The lowest BCUT2D eigenvalue weighted by atomic mass is 10.1. The van der Waals surface area contributed by atoms with Gasteiger partial charge >= 0.3 is 0 Å². The molecule has 134 valence electrons. The van der Waals surface area contributed by atoms with E-state index < -0.39 is 0 Å². The Morgan fingerprint density at radius 1 is 0.625 bits per heavy atom. The van der Waals surface area contributed by atoms with Crippen LogP contribution in [-0.2, 0) is 7.05 Å². The van der Waals surface area contributed by atoms with Crippen LogP contribution in [0, 0.1) is 0 Å². The van der Waals surface area contributed by atoms with Crippen molar-refractivity contribution in [1.29, 1.82) is 0 Å². The van der Waals surface area contributed by atoms with Gasteiger partial charge in [-0.25, -0.2) is 0 Å². The summed E-state index contributed by atoms with van der Waals surface area (Å²) in [7, 11) is 2.00. The Bertz CT molecular complexity index is 489. The van der Waals surface area contributed by atoms with E-state index in [0.717, 1.165) is 22.5 Å². The predicted octanol–water partition coefficient (Wildman–Crippen LogP) is 7.79. The van der Waals surface area contributed by atoms with Crippen LogP contribution in [0.4, 0.5) is 0 Å². The highest BCUT2D eigenvalue weighted by Gasteiger charge is 2.12. The van der Waals surface area contributed by atoms with Gasteiger partial charge < -0.3 is 4.57 Å². The third-order valence-electron chi connectivity index (χ3n) is 2.75. The van der Waals surface area contributed by atoms with Crippen molar-refractivity contribution in [3.63, 3.8) is 0 Å². The summed E-state index contributed by atoms with van der Waals surface area (Å²) >= 11 is 0. The highest BCUT2D eigenvalue weighted by atomic mass is 15.0. The molecule has 0 atom stereocenters. The van der Waals surface area contributed by atoms with E-state index in [1.54, 1.807) is 12.2 Å². The maximum absolute atomic E-state index is 3.87. The maximum atomic E-state index is 3.87. The number of aromatic nitrogens is 1. The molecule has 0 aromatic carbocycles. The topological polar surface area (TPSA) is 4.93 Å². The van der Waals surface area contributed by atoms with Gasteiger partial charge in [-0.1, -0.05) is 104 Å². The normalized spacial score (nSPS) is 8.96. The van der Waals surface area contributed by atoms with Crippen molar-refractivity contribution in [3.05, 3.63) is 73.1 Å². The fourth-order valence-corrected chi connectivity index (χ4v) is 1.94. The van der Waals surface area contributed by atoms with Crippen LogP contribution in [-0.4, -0.2) is 4.57 Å². The molecule has 1 nitrogen and oxygen atoms in total. The molecule has 0 bridgehead atoms. The highest BCUT2D eigenvalue weighted by Crippen LogP contribution is 2.27. The third kappa shape index (κ3) is 7.82. The zero-order valence-electron chi connectivity index (χ0n) is 16.9. The molecule has 0 saturated heterocycles. The van der Waals surface area contributed by atoms with Gasteiger partial charge in [-0.2, -0.15) is 0 Å². The third-order valence-corrected chi connectivity index (χ3v) is 2.75. The zero-order chi connectivity index (χ0) is 19.5. The molecule has 0 aliphatic heterocycles. The van der Waals surface area contributed by atoms with Crippen molar-refractivity contribution >= 4 is 24.3 Å². The summed E-state index contributed by atoms with van der Waals surface area (Å²) in [5.41, 5.74) is 4.35. The Morgan fingerprint density at radius 3 is 1.12 bits per heavy atom. The van der Waals surface area contributed by atoms with E-state index in [9.17, 15) is 0 Å². The Hall–Kier alpha value is -2.28. The Morgan fingerprint density at radius 2 is 0.917 bits per heavy atom. The molecular weight excluding hydrogens is 290 g/mol. The summed E-state index contributed by atoms with van der Waals surface area (Å²) in [4.78, 5) is 0. The van der Waals surface area contributed by atoms with Crippen molar-refractivity contribution in [2.75, 3.05) is 0 Å². The molecule has 0 radical (unpaired) electrons. The van der Waals surface area contributed by atoms with Gasteiger partial charge in [0.1, 0.15) is 0 Å². The minimum absolute atomic E-state index is 1.06. The van der Waals surface area contributed by atoms with E-state index in [1.165, 1.54) is 0 Å². The molecule has 1 aromatic rings. The molecule has 0 aliphatic rings. The van der Waals surface area contributed by atoms with Crippen LogP contribution in [0.3, 0.4) is 0 Å². The van der Waals surface area contributed by atoms with Crippen LogP contribution in [0.1, 0.15) is 64.1 Å². The lowest BCUT2D eigenvalue weighted by Gasteiger charge is -2.00.